The molecule has 0 radical (unpaired) electrons. The van der Waals surface area contributed by atoms with Gasteiger partial charge in [-0.2, -0.15) is 0 Å². The number of rotatable bonds is 2. The average molecular weight is 246 g/mol. The molecule has 2 aliphatic rings. The molecular formula is C14H22N4. The van der Waals surface area contributed by atoms with Crippen molar-refractivity contribution in [2.45, 2.75) is 37.8 Å². The molecule has 98 valence electrons. The van der Waals surface area contributed by atoms with Gasteiger partial charge in [0, 0.05) is 24.3 Å². The van der Waals surface area contributed by atoms with E-state index in [9.17, 15) is 0 Å². The van der Waals surface area contributed by atoms with Crippen LogP contribution in [0.1, 0.15) is 36.6 Å². The second-order valence-corrected chi connectivity index (χ2v) is 5.84. The lowest BCUT2D eigenvalue weighted by Gasteiger charge is -2.60. The molecule has 1 saturated heterocycles. The Bertz CT molecular complexity index is 494. The Kier molecular flexibility index (Phi) is 2.45. The van der Waals surface area contributed by atoms with Gasteiger partial charge in [0.15, 0.2) is 0 Å². The Balaban J connectivity index is 1.84. The van der Waals surface area contributed by atoms with Gasteiger partial charge in [-0.1, -0.05) is 0 Å². The minimum Gasteiger partial charge on any atom is -0.405 e. The van der Waals surface area contributed by atoms with Crippen molar-refractivity contribution in [1.82, 2.24) is 9.47 Å². The molecule has 4 nitrogen and oxygen atoms in total. The lowest BCUT2D eigenvalue weighted by Crippen LogP contribution is -2.64. The van der Waals surface area contributed by atoms with Gasteiger partial charge in [0.1, 0.15) is 0 Å². The van der Waals surface area contributed by atoms with E-state index in [0.717, 1.165) is 16.9 Å². The molecule has 1 aliphatic carbocycles. The number of nitrogens with zero attached hydrogens (tertiary/aromatic N) is 2. The lowest BCUT2D eigenvalue weighted by molar-refractivity contribution is -0.0820. The molecule has 1 aromatic rings. The number of hydrogen-bond acceptors (Lipinski definition) is 3. The normalized spacial score (nSPS) is 31.8. The van der Waals surface area contributed by atoms with Crippen LogP contribution in [0.4, 0.5) is 5.69 Å². The SMILES string of the molecule is Cc1cn(C2CC3(CCN3C)C2)c(/C=C\N)c1N. The van der Waals surface area contributed by atoms with E-state index in [1.807, 2.05) is 6.08 Å². The third-order valence-corrected chi connectivity index (χ3v) is 4.91. The zero-order chi connectivity index (χ0) is 12.9. The van der Waals surface area contributed by atoms with Gasteiger partial charge >= 0.3 is 0 Å². The first-order chi connectivity index (χ1) is 8.57. The molecular weight excluding hydrogens is 224 g/mol. The Morgan fingerprint density at radius 1 is 1.44 bits per heavy atom. The largest absolute Gasteiger partial charge is 0.405 e. The maximum absolute atomic E-state index is 6.11. The van der Waals surface area contributed by atoms with Crippen LogP contribution in [-0.2, 0) is 0 Å². The molecule has 4 heteroatoms. The number of aryl methyl sites for hydroxylation is 1. The monoisotopic (exact) mass is 246 g/mol. The summed E-state index contributed by atoms with van der Waals surface area (Å²) >= 11 is 0. The minimum atomic E-state index is 0.487. The highest BCUT2D eigenvalue weighted by Gasteiger charge is 2.52. The molecule has 1 aromatic heterocycles. The van der Waals surface area contributed by atoms with E-state index in [2.05, 4.69) is 29.6 Å². The van der Waals surface area contributed by atoms with Gasteiger partial charge in [0.05, 0.1) is 11.4 Å². The Labute approximate surface area is 108 Å². The molecule has 3 rings (SSSR count). The van der Waals surface area contributed by atoms with Crippen LogP contribution in [0, 0.1) is 6.92 Å². The van der Waals surface area contributed by atoms with Gasteiger partial charge in [-0.3, -0.25) is 0 Å². The predicted molar refractivity (Wildman–Crippen MR) is 75.1 cm³/mol. The van der Waals surface area contributed by atoms with Crippen LogP contribution in [-0.4, -0.2) is 28.6 Å². The Hall–Kier alpha value is -1.42. The summed E-state index contributed by atoms with van der Waals surface area (Å²) in [6.07, 6.45) is 9.48. The molecule has 0 amide bonds. The maximum Gasteiger partial charge on any atom is 0.0660 e. The summed E-state index contributed by atoms with van der Waals surface area (Å²) in [7, 11) is 2.23. The summed E-state index contributed by atoms with van der Waals surface area (Å²) in [5.74, 6) is 0. The first-order valence-corrected chi connectivity index (χ1v) is 6.64. The molecule has 0 bridgehead atoms. The fraction of sp³-hybridized carbons (Fsp3) is 0.571. The van der Waals surface area contributed by atoms with Gasteiger partial charge in [-0.25, -0.2) is 0 Å². The van der Waals surface area contributed by atoms with Gasteiger partial charge in [-0.05, 0) is 51.1 Å². The molecule has 1 spiro atoms. The van der Waals surface area contributed by atoms with Crippen LogP contribution >= 0.6 is 0 Å². The number of hydrogen-bond donors (Lipinski definition) is 2. The minimum absolute atomic E-state index is 0.487. The zero-order valence-corrected chi connectivity index (χ0v) is 11.2. The molecule has 4 N–H and O–H groups in total. The predicted octanol–water partition coefficient (Wildman–Crippen LogP) is 1.72. The summed E-state index contributed by atoms with van der Waals surface area (Å²) in [6, 6.07) is 0.579. The van der Waals surface area contributed by atoms with E-state index in [0.29, 0.717) is 11.6 Å². The van der Waals surface area contributed by atoms with E-state index in [-0.39, 0.29) is 0 Å². The van der Waals surface area contributed by atoms with Crippen LogP contribution in [0.2, 0.25) is 0 Å². The maximum atomic E-state index is 6.11. The van der Waals surface area contributed by atoms with Crippen molar-refractivity contribution in [1.29, 1.82) is 0 Å². The van der Waals surface area contributed by atoms with Crippen molar-refractivity contribution in [2.24, 2.45) is 5.73 Å². The first-order valence-electron chi connectivity index (χ1n) is 6.64. The van der Waals surface area contributed by atoms with Crippen molar-refractivity contribution in [3.63, 3.8) is 0 Å². The zero-order valence-electron chi connectivity index (χ0n) is 11.2. The van der Waals surface area contributed by atoms with E-state index < -0.39 is 0 Å². The van der Waals surface area contributed by atoms with E-state index >= 15 is 0 Å². The van der Waals surface area contributed by atoms with Crippen LogP contribution in [0.25, 0.3) is 6.08 Å². The first kappa shape index (κ1) is 11.7. The summed E-state index contributed by atoms with van der Waals surface area (Å²) in [6.45, 7) is 3.30. The highest BCUT2D eigenvalue weighted by Crippen LogP contribution is 2.52. The number of anilines is 1. The molecule has 1 saturated carbocycles. The number of nitrogens with two attached hydrogens (primary N) is 2. The van der Waals surface area contributed by atoms with Crippen molar-refractivity contribution >= 4 is 11.8 Å². The smallest absolute Gasteiger partial charge is 0.0660 e. The van der Waals surface area contributed by atoms with Crippen molar-refractivity contribution in [2.75, 3.05) is 19.3 Å². The van der Waals surface area contributed by atoms with E-state index in [1.165, 1.54) is 25.8 Å². The van der Waals surface area contributed by atoms with E-state index in [1.54, 1.807) is 6.20 Å². The second-order valence-electron chi connectivity index (χ2n) is 5.84. The molecule has 18 heavy (non-hydrogen) atoms. The quantitative estimate of drug-likeness (QED) is 0.835. The second kappa shape index (κ2) is 3.79. The topological polar surface area (TPSA) is 60.2 Å². The lowest BCUT2D eigenvalue weighted by atomic mass is 9.65. The molecule has 2 heterocycles. The summed E-state index contributed by atoms with van der Waals surface area (Å²) in [4.78, 5) is 2.49. The highest BCUT2D eigenvalue weighted by molar-refractivity contribution is 5.65. The van der Waals surface area contributed by atoms with Gasteiger partial charge in [0.2, 0.25) is 0 Å². The molecule has 0 atom stereocenters. The number of aromatic nitrogens is 1. The van der Waals surface area contributed by atoms with Crippen molar-refractivity contribution < 1.29 is 0 Å². The summed E-state index contributed by atoms with van der Waals surface area (Å²) in [5, 5.41) is 0. The molecule has 0 aromatic carbocycles. The number of likely N-dealkylation sites (tertiary alicyclic amines) is 1. The van der Waals surface area contributed by atoms with E-state index in [4.69, 9.17) is 11.5 Å². The fourth-order valence-corrected chi connectivity index (χ4v) is 3.44. The summed E-state index contributed by atoms with van der Waals surface area (Å²) in [5.41, 5.74) is 15.2. The highest BCUT2D eigenvalue weighted by atomic mass is 15.3. The third kappa shape index (κ3) is 1.42. The van der Waals surface area contributed by atoms with Crippen molar-refractivity contribution in [3.8, 4) is 0 Å². The molecule has 0 unspecified atom stereocenters. The third-order valence-electron chi connectivity index (χ3n) is 4.91. The van der Waals surface area contributed by atoms with Crippen LogP contribution < -0.4 is 11.5 Å². The van der Waals surface area contributed by atoms with Crippen LogP contribution in [0.5, 0.6) is 0 Å². The van der Waals surface area contributed by atoms with Gasteiger partial charge < -0.3 is 20.9 Å². The Morgan fingerprint density at radius 2 is 2.17 bits per heavy atom. The van der Waals surface area contributed by atoms with Gasteiger partial charge in [0.25, 0.3) is 0 Å². The Morgan fingerprint density at radius 3 is 2.67 bits per heavy atom. The summed E-state index contributed by atoms with van der Waals surface area (Å²) < 4.78 is 2.31. The van der Waals surface area contributed by atoms with Crippen LogP contribution in [0.15, 0.2) is 12.4 Å². The van der Waals surface area contributed by atoms with Gasteiger partial charge in [-0.15, -0.1) is 0 Å². The molecule has 1 aliphatic heterocycles. The average Bonchev–Trinajstić information content (AvgIpc) is 2.55. The number of nitrogen functional groups attached to an aromatic ring is 1. The van der Waals surface area contributed by atoms with Crippen molar-refractivity contribution in [3.05, 3.63) is 23.7 Å². The molecule has 2 fully saturated rings. The standard InChI is InChI=1S/C14H22N4/c1-10-9-18(12(3-5-15)13(10)16)11-7-14(8-11)4-6-17(14)2/h3,5,9,11H,4,6-8,15-16H2,1-2H3/b5-3-. The fourth-order valence-electron chi connectivity index (χ4n) is 3.44. The van der Waals surface area contributed by atoms with Crippen LogP contribution in [0.3, 0.4) is 0 Å².